The van der Waals surface area contributed by atoms with E-state index in [4.69, 9.17) is 15.3 Å². The molecule has 0 amide bonds. The summed E-state index contributed by atoms with van der Waals surface area (Å²) in [6.45, 7) is 3.70. The number of anilines is 3. The number of aromatic nitrogens is 2. The number of carbonyl (C=O) groups is 1. The molecule has 0 atom stereocenters. The average Bonchev–Trinajstić information content (AvgIpc) is 2.99. The molecular weight excluding hydrogens is 326 g/mol. The second-order valence-electron chi connectivity index (χ2n) is 4.97. The molecule has 3 rings (SSSR count). The van der Waals surface area contributed by atoms with Gasteiger partial charge in [-0.3, -0.25) is 14.2 Å². The van der Waals surface area contributed by atoms with Crippen LogP contribution in [0.15, 0.2) is 41.2 Å². The van der Waals surface area contributed by atoms with Crippen molar-refractivity contribution in [3.63, 3.8) is 0 Å². The third-order valence-electron chi connectivity index (χ3n) is 3.15. The van der Waals surface area contributed by atoms with Gasteiger partial charge >= 0.3 is 5.97 Å². The van der Waals surface area contributed by atoms with Crippen LogP contribution in [-0.4, -0.2) is 28.8 Å². The van der Waals surface area contributed by atoms with E-state index >= 15 is 0 Å². The second-order valence-corrected chi connectivity index (χ2v) is 4.97. The van der Waals surface area contributed by atoms with Gasteiger partial charge in [-0.2, -0.15) is 10.0 Å². The summed E-state index contributed by atoms with van der Waals surface area (Å²) in [6, 6.07) is 12.0. The lowest BCUT2D eigenvalue weighted by Crippen LogP contribution is -2.28. The van der Waals surface area contributed by atoms with Crippen LogP contribution in [0.5, 0.6) is 0 Å². The highest BCUT2D eigenvalue weighted by Crippen LogP contribution is 2.26. The zero-order valence-electron chi connectivity index (χ0n) is 14.1. The fourth-order valence-electron chi connectivity index (χ4n) is 2.04. The summed E-state index contributed by atoms with van der Waals surface area (Å²) in [5.41, 5.74) is 5.57. The van der Waals surface area contributed by atoms with E-state index in [2.05, 4.69) is 10.3 Å². The highest BCUT2D eigenvalue weighted by Gasteiger charge is 2.28. The molecule has 1 aliphatic heterocycles. The Morgan fingerprint density at radius 3 is 2.40 bits per heavy atom. The first kappa shape index (κ1) is 18.3. The van der Waals surface area contributed by atoms with Crippen molar-refractivity contribution in [2.75, 3.05) is 29.4 Å². The number of benzene rings is 1. The van der Waals surface area contributed by atoms with Gasteiger partial charge in [0.2, 0.25) is 5.95 Å². The van der Waals surface area contributed by atoms with Gasteiger partial charge < -0.3 is 20.6 Å². The van der Waals surface area contributed by atoms with E-state index < -0.39 is 5.97 Å². The first-order chi connectivity index (χ1) is 12.0. The first-order valence-electron chi connectivity index (χ1n) is 7.72. The molecule has 134 valence electrons. The molecule has 0 unspecified atom stereocenters. The van der Waals surface area contributed by atoms with Crippen LogP contribution in [0, 0.1) is 0 Å². The van der Waals surface area contributed by atoms with Crippen LogP contribution in [0.3, 0.4) is 0 Å². The molecule has 0 bridgehead atoms. The molecule has 1 aromatic heterocycles. The maximum absolute atomic E-state index is 12.2. The van der Waals surface area contributed by atoms with Crippen molar-refractivity contribution in [3.8, 4) is 0 Å². The van der Waals surface area contributed by atoms with Gasteiger partial charge in [0.15, 0.2) is 5.82 Å². The predicted molar refractivity (Wildman–Crippen MR) is 93.7 cm³/mol. The van der Waals surface area contributed by atoms with Crippen LogP contribution in [0.2, 0.25) is 0 Å². The predicted octanol–water partition coefficient (Wildman–Crippen LogP) is 1.17. The second kappa shape index (κ2) is 8.69. The van der Waals surface area contributed by atoms with E-state index in [1.165, 1.54) is 16.6 Å². The van der Waals surface area contributed by atoms with Crippen molar-refractivity contribution in [1.82, 2.24) is 9.55 Å². The quantitative estimate of drug-likeness (QED) is 0.848. The van der Waals surface area contributed by atoms with Crippen LogP contribution >= 0.6 is 0 Å². The number of nitrogens with one attached hydrogen (secondary N) is 1. The fourth-order valence-corrected chi connectivity index (χ4v) is 2.04. The minimum absolute atomic E-state index is 0.00180. The third-order valence-corrected chi connectivity index (χ3v) is 3.15. The van der Waals surface area contributed by atoms with Crippen LogP contribution in [0.1, 0.15) is 13.8 Å². The van der Waals surface area contributed by atoms with Crippen molar-refractivity contribution in [2.45, 2.75) is 20.6 Å². The van der Waals surface area contributed by atoms with Crippen LogP contribution in [-0.2, 0) is 21.1 Å². The molecule has 1 aromatic carbocycles. The Hall–Kier alpha value is -3.07. The minimum Gasteiger partial charge on any atom is -0.369 e. The molecule has 9 heteroatoms. The van der Waals surface area contributed by atoms with E-state index in [1.807, 2.05) is 43.3 Å². The van der Waals surface area contributed by atoms with E-state index in [1.54, 1.807) is 0 Å². The lowest BCUT2D eigenvalue weighted by molar-refractivity contribution is -0.142. The fraction of sp³-hybridized carbons (Fsp3) is 0.312. The first-order valence-corrected chi connectivity index (χ1v) is 7.72. The van der Waals surface area contributed by atoms with Gasteiger partial charge in [0, 0.05) is 13.5 Å². The molecule has 0 fully saturated rings. The summed E-state index contributed by atoms with van der Waals surface area (Å²) in [7, 11) is 0. The van der Waals surface area contributed by atoms with Gasteiger partial charge in [0.1, 0.15) is 19.1 Å². The van der Waals surface area contributed by atoms with Crippen LogP contribution < -0.4 is 21.7 Å². The monoisotopic (exact) mass is 347 g/mol. The number of hydrogen-bond acceptors (Lipinski definition) is 8. The molecule has 0 spiro atoms. The molecule has 9 nitrogen and oxygen atoms in total. The Kier molecular flexibility index (Phi) is 6.35. The molecule has 0 radical (unpaired) electrons. The van der Waals surface area contributed by atoms with E-state index in [9.17, 15) is 9.59 Å². The number of hydrogen-bond donors (Lipinski definition) is 2. The number of nitrogens with two attached hydrogens (primary N) is 1. The van der Waals surface area contributed by atoms with Crippen molar-refractivity contribution in [3.05, 3.63) is 46.8 Å². The normalized spacial score (nSPS) is 11.8. The molecule has 25 heavy (non-hydrogen) atoms. The maximum Gasteiger partial charge on any atom is 0.329 e. The SMILES string of the molecule is CCOCn1c(N)nc2c(c1=O)NCN2OC(C)=O.c1ccccc1. The molecule has 2 aromatic rings. The number of nitrogen functional groups attached to an aromatic ring is 1. The molecule has 0 aliphatic carbocycles. The number of nitrogens with zero attached hydrogens (tertiary/aromatic N) is 3. The summed E-state index contributed by atoms with van der Waals surface area (Å²) in [5.74, 6) is -0.308. The van der Waals surface area contributed by atoms with E-state index in [0.29, 0.717) is 6.61 Å². The summed E-state index contributed by atoms with van der Waals surface area (Å²) < 4.78 is 6.35. The summed E-state index contributed by atoms with van der Waals surface area (Å²) in [5, 5.41) is 3.99. The van der Waals surface area contributed by atoms with Crippen LogP contribution in [0.25, 0.3) is 0 Å². The Bertz CT molecular complexity index is 736. The number of fused-ring (bicyclic) bond motifs is 1. The average molecular weight is 347 g/mol. The molecule has 3 N–H and O–H groups in total. The number of carbonyl (C=O) groups excluding carboxylic acids is 1. The number of hydroxylamine groups is 1. The van der Waals surface area contributed by atoms with Gasteiger partial charge in [0.25, 0.3) is 5.56 Å². The zero-order valence-corrected chi connectivity index (χ0v) is 14.1. The molecule has 2 heterocycles. The van der Waals surface area contributed by atoms with E-state index in [-0.39, 0.29) is 36.4 Å². The summed E-state index contributed by atoms with van der Waals surface area (Å²) >= 11 is 0. The molecule has 0 saturated heterocycles. The molecular formula is C16H21N5O4. The molecule has 0 saturated carbocycles. The standard InChI is InChI=1S/C10H15N5O4.C6H6/c1-3-18-5-14-9(17)7-8(13-10(14)11)15(4-12-7)19-6(2)16;1-2-4-6-5-3-1/h12H,3-5H2,1-2H3,(H2,11,13);1-6H. The lowest BCUT2D eigenvalue weighted by atomic mass is 10.4. The Labute approximate surface area is 144 Å². The summed E-state index contributed by atoms with van der Waals surface area (Å²) in [6.07, 6.45) is 0. The Balaban J connectivity index is 0.000000316. The van der Waals surface area contributed by atoms with E-state index in [0.717, 1.165) is 0 Å². The van der Waals surface area contributed by atoms with Crippen LogP contribution in [0.4, 0.5) is 17.5 Å². The smallest absolute Gasteiger partial charge is 0.329 e. The molecule has 1 aliphatic rings. The highest BCUT2D eigenvalue weighted by atomic mass is 16.7. The van der Waals surface area contributed by atoms with Gasteiger partial charge in [0.05, 0.1) is 0 Å². The van der Waals surface area contributed by atoms with Crippen molar-refractivity contribution in [2.24, 2.45) is 0 Å². The van der Waals surface area contributed by atoms with Gasteiger partial charge in [-0.1, -0.05) is 36.4 Å². The van der Waals surface area contributed by atoms with Crippen molar-refractivity contribution in [1.29, 1.82) is 0 Å². The summed E-state index contributed by atoms with van der Waals surface area (Å²) in [4.78, 5) is 32.0. The Morgan fingerprint density at radius 1 is 1.28 bits per heavy atom. The van der Waals surface area contributed by atoms with Gasteiger partial charge in [-0.15, -0.1) is 0 Å². The minimum atomic E-state index is -0.506. The van der Waals surface area contributed by atoms with Gasteiger partial charge in [-0.05, 0) is 6.92 Å². The third kappa shape index (κ3) is 4.70. The Morgan fingerprint density at radius 2 is 1.88 bits per heavy atom. The largest absolute Gasteiger partial charge is 0.369 e. The highest BCUT2D eigenvalue weighted by molar-refractivity contribution is 5.73. The van der Waals surface area contributed by atoms with Crippen molar-refractivity contribution < 1.29 is 14.4 Å². The number of ether oxygens (including phenoxy) is 1. The van der Waals surface area contributed by atoms with Gasteiger partial charge in [-0.25, -0.2) is 0 Å². The lowest BCUT2D eigenvalue weighted by Gasteiger charge is -2.15. The number of rotatable bonds is 4. The maximum atomic E-state index is 12.2. The zero-order chi connectivity index (χ0) is 18.2. The van der Waals surface area contributed by atoms with Crippen molar-refractivity contribution >= 4 is 23.4 Å². The topological polar surface area (TPSA) is 112 Å².